The minimum absolute atomic E-state index is 0.0315. The zero-order valence-corrected chi connectivity index (χ0v) is 29.0. The molecule has 0 atom stereocenters. The molecule has 0 aromatic carbocycles. The van der Waals surface area contributed by atoms with Crippen molar-refractivity contribution in [1.82, 2.24) is 39.2 Å². The molecule has 3 N–H and O–H groups in total. The van der Waals surface area contributed by atoms with E-state index in [0.29, 0.717) is 38.4 Å². The molecule has 3 aliphatic heterocycles. The van der Waals surface area contributed by atoms with Gasteiger partial charge in [-0.15, -0.1) is 0 Å². The predicted octanol–water partition coefficient (Wildman–Crippen LogP) is 2.64. The maximum absolute atomic E-state index is 12.4. The largest absolute Gasteiger partial charge is 0.486 e. The van der Waals surface area contributed by atoms with Crippen molar-refractivity contribution >= 4 is 21.8 Å². The molecule has 0 bridgehead atoms. The number of hydrogen-bond acceptors (Lipinski definition) is 11. The number of aromatic nitrogens is 5. The van der Waals surface area contributed by atoms with E-state index < -0.39 is 0 Å². The number of pyridine rings is 5. The van der Waals surface area contributed by atoms with E-state index in [9.17, 15) is 9.59 Å². The van der Waals surface area contributed by atoms with Crippen LogP contribution in [0.4, 0.5) is 0 Å². The van der Waals surface area contributed by atoms with Crippen LogP contribution in [0.5, 0.6) is 11.5 Å². The minimum Gasteiger partial charge on any atom is -0.486 e. The standard InChI is InChI=1S/C23H27N5O3.C15H20N4O/c29-23-2-1-17-3-6-24-15-20(17)28(23)10-9-27-7-4-18(5-8-27)25-14-19-13-21-22(16-26-19)31-12-11-30-21;16-13-4-7-18(8-5-13)9-10-19-14-11-17-6-3-12(14)1-2-15(19)20/h1-3,6,13,15-16,18,25H,4-5,7-12,14H2;1-3,6,11,13H,4-5,7-10,16H2. The SMILES string of the molecule is NC1CCN(CCn2c(=O)ccc3ccncc32)CC1.O=c1ccc2ccncc2n1CCN1CCC(NCc2cc3c(cn2)OCCO3)CC1. The lowest BCUT2D eigenvalue weighted by molar-refractivity contribution is 0.170. The van der Waals surface area contributed by atoms with Crippen molar-refractivity contribution in [3.8, 4) is 11.5 Å². The van der Waals surface area contributed by atoms with Crippen molar-refractivity contribution in [3.05, 3.63) is 99.9 Å². The van der Waals surface area contributed by atoms with E-state index in [4.69, 9.17) is 15.2 Å². The van der Waals surface area contributed by atoms with Crippen molar-refractivity contribution < 1.29 is 9.47 Å². The predicted molar refractivity (Wildman–Crippen MR) is 197 cm³/mol. The van der Waals surface area contributed by atoms with E-state index in [1.165, 1.54) is 0 Å². The summed E-state index contributed by atoms with van der Waals surface area (Å²) in [6.45, 7) is 9.12. The van der Waals surface area contributed by atoms with Crippen molar-refractivity contribution in [2.45, 2.75) is 57.4 Å². The lowest BCUT2D eigenvalue weighted by atomic mass is 10.0. The molecular weight excluding hydrogens is 646 g/mol. The first kappa shape index (κ1) is 34.7. The van der Waals surface area contributed by atoms with E-state index in [1.807, 2.05) is 39.5 Å². The van der Waals surface area contributed by atoms with Crippen LogP contribution >= 0.6 is 0 Å². The molecule has 0 radical (unpaired) electrons. The molecule has 0 aliphatic carbocycles. The lowest BCUT2D eigenvalue weighted by Gasteiger charge is -2.32. The van der Waals surface area contributed by atoms with Crippen LogP contribution in [-0.2, 0) is 19.6 Å². The van der Waals surface area contributed by atoms with Gasteiger partial charge in [0.25, 0.3) is 11.1 Å². The van der Waals surface area contributed by atoms with Crippen molar-refractivity contribution in [2.75, 3.05) is 52.5 Å². The van der Waals surface area contributed by atoms with Gasteiger partial charge in [-0.3, -0.25) is 24.5 Å². The van der Waals surface area contributed by atoms with Gasteiger partial charge in [-0.2, -0.15) is 0 Å². The number of nitrogens with two attached hydrogens (primary N) is 1. The number of nitrogens with one attached hydrogen (secondary N) is 1. The number of hydrogen-bond donors (Lipinski definition) is 2. The average Bonchev–Trinajstić information content (AvgIpc) is 3.17. The summed E-state index contributed by atoms with van der Waals surface area (Å²) in [5.74, 6) is 1.51. The van der Waals surface area contributed by atoms with Gasteiger partial charge in [-0.05, 0) is 76.1 Å². The summed E-state index contributed by atoms with van der Waals surface area (Å²) in [6.07, 6.45) is 13.1. The molecule has 3 aliphatic rings. The molecule has 2 saturated heterocycles. The number of ether oxygens (including phenoxy) is 2. The Kier molecular flexibility index (Phi) is 11.3. The minimum atomic E-state index is 0.0315. The van der Waals surface area contributed by atoms with Gasteiger partial charge in [0.2, 0.25) is 0 Å². The fourth-order valence-corrected chi connectivity index (χ4v) is 7.08. The van der Waals surface area contributed by atoms with Crippen LogP contribution in [0.1, 0.15) is 31.4 Å². The van der Waals surface area contributed by atoms with E-state index in [-0.39, 0.29) is 11.1 Å². The van der Waals surface area contributed by atoms with E-state index >= 15 is 0 Å². The van der Waals surface area contributed by atoms with Crippen molar-refractivity contribution in [2.24, 2.45) is 5.73 Å². The Labute approximate surface area is 297 Å². The molecule has 268 valence electrons. The zero-order chi connectivity index (χ0) is 35.0. The van der Waals surface area contributed by atoms with Gasteiger partial charge in [-0.25, -0.2) is 0 Å². The molecule has 5 aromatic rings. The van der Waals surface area contributed by atoms with Crippen LogP contribution in [0.25, 0.3) is 21.8 Å². The van der Waals surface area contributed by atoms with Crippen LogP contribution in [0.3, 0.4) is 0 Å². The summed E-state index contributed by atoms with van der Waals surface area (Å²) in [5, 5.41) is 5.73. The summed E-state index contributed by atoms with van der Waals surface area (Å²) in [5.41, 5.74) is 8.77. The third-order valence-electron chi connectivity index (χ3n) is 10.1. The molecule has 0 amide bonds. The summed E-state index contributed by atoms with van der Waals surface area (Å²) >= 11 is 0. The first-order valence-corrected chi connectivity index (χ1v) is 18.1. The fraction of sp³-hybridized carbons (Fsp3) is 0.447. The van der Waals surface area contributed by atoms with Crippen LogP contribution in [0.15, 0.2) is 83.0 Å². The maximum Gasteiger partial charge on any atom is 0.251 e. The molecule has 2 fully saturated rings. The highest BCUT2D eigenvalue weighted by Crippen LogP contribution is 2.29. The molecule has 8 rings (SSSR count). The second kappa shape index (κ2) is 16.6. The third-order valence-corrected chi connectivity index (χ3v) is 10.1. The Morgan fingerprint density at radius 3 is 1.82 bits per heavy atom. The van der Waals surface area contributed by atoms with E-state index in [2.05, 4.69) is 30.1 Å². The Morgan fingerprint density at radius 2 is 1.24 bits per heavy atom. The molecule has 0 saturated carbocycles. The second-order valence-corrected chi connectivity index (χ2v) is 13.5. The Morgan fingerprint density at radius 1 is 0.686 bits per heavy atom. The van der Waals surface area contributed by atoms with Crippen LogP contribution in [0, 0.1) is 0 Å². The fourth-order valence-electron chi connectivity index (χ4n) is 7.08. The van der Waals surface area contributed by atoms with Gasteiger partial charge in [0.05, 0.1) is 35.3 Å². The first-order valence-electron chi connectivity index (χ1n) is 18.1. The Balaban J connectivity index is 0.000000175. The van der Waals surface area contributed by atoms with Gasteiger partial charge in [-0.1, -0.05) is 0 Å². The number of fused-ring (bicyclic) bond motifs is 3. The molecule has 13 nitrogen and oxygen atoms in total. The number of rotatable bonds is 9. The highest BCUT2D eigenvalue weighted by atomic mass is 16.6. The van der Waals surface area contributed by atoms with Crippen LogP contribution in [0.2, 0.25) is 0 Å². The molecule has 0 unspecified atom stereocenters. The molecule has 13 heteroatoms. The first-order chi connectivity index (χ1) is 25.0. The number of piperidine rings is 2. The highest BCUT2D eigenvalue weighted by molar-refractivity contribution is 5.78. The average molecular weight is 694 g/mol. The van der Waals surface area contributed by atoms with Crippen molar-refractivity contribution in [1.29, 1.82) is 0 Å². The maximum atomic E-state index is 12.4. The summed E-state index contributed by atoms with van der Waals surface area (Å²) in [7, 11) is 0. The van der Waals surface area contributed by atoms with E-state index in [0.717, 1.165) is 110 Å². The van der Waals surface area contributed by atoms with E-state index in [1.54, 1.807) is 43.1 Å². The molecule has 0 spiro atoms. The van der Waals surface area contributed by atoms with Gasteiger partial charge in [0.15, 0.2) is 11.5 Å². The Bertz CT molecular complexity index is 2030. The smallest absolute Gasteiger partial charge is 0.251 e. The molecule has 8 heterocycles. The van der Waals surface area contributed by atoms with Gasteiger partial charge >= 0.3 is 0 Å². The van der Waals surface area contributed by atoms with Crippen LogP contribution in [-0.4, -0.2) is 98.5 Å². The normalized spacial score (nSPS) is 17.4. The number of nitrogens with zero attached hydrogens (tertiary/aromatic N) is 7. The topological polar surface area (TPSA) is 146 Å². The van der Waals surface area contributed by atoms with Crippen molar-refractivity contribution in [3.63, 3.8) is 0 Å². The monoisotopic (exact) mass is 693 g/mol. The molecular formula is C38H47N9O4. The quantitative estimate of drug-likeness (QED) is 0.235. The highest BCUT2D eigenvalue weighted by Gasteiger charge is 2.20. The zero-order valence-electron chi connectivity index (χ0n) is 29.0. The summed E-state index contributed by atoms with van der Waals surface area (Å²) in [6, 6.07) is 13.7. The second-order valence-electron chi connectivity index (χ2n) is 13.5. The van der Waals surface area contributed by atoms with Gasteiger partial charge in [0, 0.05) is 86.2 Å². The summed E-state index contributed by atoms with van der Waals surface area (Å²) in [4.78, 5) is 42.0. The van der Waals surface area contributed by atoms with Gasteiger partial charge < -0.3 is 39.5 Å². The molecule has 5 aromatic heterocycles. The lowest BCUT2D eigenvalue weighted by Crippen LogP contribution is -2.43. The Hall–Kier alpha value is -4.69. The van der Waals surface area contributed by atoms with Crippen LogP contribution < -0.4 is 31.6 Å². The third kappa shape index (κ3) is 8.79. The summed E-state index contributed by atoms with van der Waals surface area (Å²) < 4.78 is 14.8. The molecule has 51 heavy (non-hydrogen) atoms. The number of likely N-dealkylation sites (tertiary alicyclic amines) is 2. The van der Waals surface area contributed by atoms with Gasteiger partial charge in [0.1, 0.15) is 13.2 Å².